The molecule has 7 nitrogen and oxygen atoms in total. The largest absolute Gasteiger partial charge is 0.466 e. The van der Waals surface area contributed by atoms with Crippen LogP contribution in [0.5, 0.6) is 0 Å². The molecule has 2 aliphatic carbocycles. The van der Waals surface area contributed by atoms with Crippen LogP contribution < -0.4 is 5.32 Å². The number of aryl methyl sites for hydroxylation is 1. The summed E-state index contributed by atoms with van der Waals surface area (Å²) in [7, 11) is 0. The van der Waals surface area contributed by atoms with Gasteiger partial charge in [-0.05, 0) is 95.2 Å². The van der Waals surface area contributed by atoms with Crippen molar-refractivity contribution in [2.45, 2.75) is 116 Å². The van der Waals surface area contributed by atoms with Gasteiger partial charge in [0.1, 0.15) is 0 Å². The zero-order valence-corrected chi connectivity index (χ0v) is 27.4. The molecule has 0 bridgehead atoms. The molecule has 244 valence electrons. The van der Waals surface area contributed by atoms with E-state index in [0.29, 0.717) is 44.1 Å². The molecule has 12 heteroatoms. The van der Waals surface area contributed by atoms with E-state index < -0.39 is 46.4 Å². The van der Waals surface area contributed by atoms with Gasteiger partial charge < -0.3 is 15.2 Å². The molecule has 4 rings (SSSR count). The van der Waals surface area contributed by atoms with Gasteiger partial charge in [-0.1, -0.05) is 37.0 Å². The van der Waals surface area contributed by atoms with Crippen molar-refractivity contribution >= 4 is 35.1 Å². The van der Waals surface area contributed by atoms with E-state index in [1.807, 2.05) is 6.92 Å². The predicted molar refractivity (Wildman–Crippen MR) is 163 cm³/mol. The number of carbonyl (C=O) groups excluding carboxylic acids is 2. The Bertz CT molecular complexity index is 1350. The van der Waals surface area contributed by atoms with Crippen LogP contribution in [-0.2, 0) is 15.7 Å². The lowest BCUT2D eigenvalue weighted by Gasteiger charge is -2.45. The maximum absolute atomic E-state index is 14.6. The summed E-state index contributed by atoms with van der Waals surface area (Å²) in [6.07, 6.45) is -1.45. The van der Waals surface area contributed by atoms with Crippen LogP contribution in [0.4, 0.5) is 13.2 Å². The maximum Gasteiger partial charge on any atom is 0.433 e. The van der Waals surface area contributed by atoms with Gasteiger partial charge in [0.05, 0.1) is 35.9 Å². The lowest BCUT2D eigenvalue weighted by Crippen LogP contribution is -2.52. The number of aliphatic hydroxyl groups is 1. The number of amides is 1. The quantitative estimate of drug-likeness (QED) is 0.278. The first-order valence-corrected chi connectivity index (χ1v) is 15.9. The number of benzene rings is 1. The average molecular weight is 661 g/mol. The topological polar surface area (TPSA) is 93.5 Å². The Morgan fingerprint density at radius 1 is 1.09 bits per heavy atom. The number of halogens is 5. The molecule has 1 amide bonds. The minimum Gasteiger partial charge on any atom is -0.466 e. The van der Waals surface area contributed by atoms with Gasteiger partial charge in [-0.15, -0.1) is 0 Å². The van der Waals surface area contributed by atoms with E-state index in [1.165, 1.54) is 0 Å². The van der Waals surface area contributed by atoms with Crippen molar-refractivity contribution in [1.82, 2.24) is 15.1 Å². The van der Waals surface area contributed by atoms with Crippen LogP contribution in [0, 0.1) is 17.8 Å². The molecule has 0 aliphatic heterocycles. The van der Waals surface area contributed by atoms with E-state index in [0.717, 1.165) is 16.4 Å². The Hall–Kier alpha value is -2.30. The number of esters is 1. The summed E-state index contributed by atoms with van der Waals surface area (Å²) in [5, 5.41) is 18.9. The van der Waals surface area contributed by atoms with Crippen LogP contribution in [0.1, 0.15) is 125 Å². The zero-order chi connectivity index (χ0) is 32.7. The minimum absolute atomic E-state index is 0.0284. The van der Waals surface area contributed by atoms with Crippen LogP contribution in [0.2, 0.25) is 10.0 Å². The predicted octanol–water partition coefficient (Wildman–Crippen LogP) is 8.39. The second kappa shape index (κ2) is 12.8. The van der Waals surface area contributed by atoms with Crippen LogP contribution in [0.3, 0.4) is 0 Å². The Morgan fingerprint density at radius 3 is 2.18 bits per heavy atom. The van der Waals surface area contributed by atoms with Gasteiger partial charge >= 0.3 is 12.1 Å². The number of aliphatic hydroxyl groups excluding tert-OH is 1. The monoisotopic (exact) mass is 659 g/mol. The molecule has 0 saturated heterocycles. The molecule has 2 fully saturated rings. The number of carbonyl (C=O) groups is 2. The van der Waals surface area contributed by atoms with Gasteiger partial charge in [0.2, 0.25) is 0 Å². The number of alkyl halides is 3. The van der Waals surface area contributed by atoms with E-state index in [2.05, 4.69) is 24.3 Å². The standard InChI is InChI=1S/C32H42Cl2F3N3O4/c1-6-44-28(43)30(5)9-7-20(8-10-30)40-26(32(35,36)37)21(18-38-40)27(42)39-31(13-11-29(3,4)12-14-31)17-24(41)25-22(33)15-19(2)16-23(25)34/h15-16,18,20,24,41H,6-14,17H2,1-5H3,(H,39,42)/t20?,24-,30?/m0/s1. The number of hydrogen-bond donors (Lipinski definition) is 2. The molecule has 1 aromatic heterocycles. The van der Waals surface area contributed by atoms with E-state index in [9.17, 15) is 27.9 Å². The number of hydrogen-bond acceptors (Lipinski definition) is 5. The molecular formula is C32H42Cl2F3N3O4. The molecule has 2 aliphatic rings. The van der Waals surface area contributed by atoms with Crippen LogP contribution in [0.15, 0.2) is 18.3 Å². The van der Waals surface area contributed by atoms with Crippen LogP contribution in [0.25, 0.3) is 0 Å². The fraction of sp³-hybridized carbons (Fsp3) is 0.656. The second-order valence-corrected chi connectivity index (χ2v) is 14.4. The molecular weight excluding hydrogens is 618 g/mol. The highest BCUT2D eigenvalue weighted by atomic mass is 35.5. The first-order chi connectivity index (χ1) is 20.4. The highest BCUT2D eigenvalue weighted by Gasteiger charge is 2.47. The third-order valence-corrected chi connectivity index (χ3v) is 10.2. The summed E-state index contributed by atoms with van der Waals surface area (Å²) < 4.78 is 49.8. The summed E-state index contributed by atoms with van der Waals surface area (Å²) in [6, 6.07) is 2.74. The van der Waals surface area contributed by atoms with Gasteiger partial charge in [0.25, 0.3) is 5.91 Å². The van der Waals surface area contributed by atoms with Crippen molar-refractivity contribution < 1.29 is 32.6 Å². The molecule has 1 atom stereocenters. The second-order valence-electron chi connectivity index (χ2n) is 13.6. The Labute approximate surface area is 266 Å². The Balaban J connectivity index is 1.62. The van der Waals surface area contributed by atoms with Gasteiger partial charge in [-0.3, -0.25) is 14.3 Å². The smallest absolute Gasteiger partial charge is 0.433 e. The highest BCUT2D eigenvalue weighted by Crippen LogP contribution is 2.47. The lowest BCUT2D eigenvalue weighted by atomic mass is 9.67. The lowest BCUT2D eigenvalue weighted by molar-refractivity contribution is -0.157. The minimum atomic E-state index is -4.85. The summed E-state index contributed by atoms with van der Waals surface area (Å²) in [5.74, 6) is -1.25. The molecule has 0 radical (unpaired) electrons. The van der Waals surface area contributed by atoms with Crippen molar-refractivity contribution in [3.8, 4) is 0 Å². The SMILES string of the molecule is CCOC(=O)C1(C)CCC(n2ncc(C(=O)NC3(C[C@H](O)c4c(Cl)cc(C)cc4Cl)CCC(C)(C)CC3)c2C(F)(F)F)CC1. The number of nitrogens with zero attached hydrogens (tertiary/aromatic N) is 2. The van der Waals surface area contributed by atoms with E-state index in [-0.39, 0.29) is 47.3 Å². The Morgan fingerprint density at radius 2 is 1.66 bits per heavy atom. The zero-order valence-electron chi connectivity index (χ0n) is 25.9. The average Bonchev–Trinajstić information content (AvgIpc) is 3.37. The molecule has 0 spiro atoms. The maximum atomic E-state index is 14.6. The first kappa shape index (κ1) is 34.6. The summed E-state index contributed by atoms with van der Waals surface area (Å²) >= 11 is 12.9. The summed E-state index contributed by atoms with van der Waals surface area (Å²) in [6.45, 7) is 9.74. The fourth-order valence-corrected chi connectivity index (χ4v) is 7.52. The van der Waals surface area contributed by atoms with Gasteiger partial charge in [-0.25, -0.2) is 0 Å². The molecule has 1 heterocycles. The van der Waals surface area contributed by atoms with Crippen molar-refractivity contribution in [1.29, 1.82) is 0 Å². The van der Waals surface area contributed by atoms with Crippen molar-refractivity contribution in [2.75, 3.05) is 6.61 Å². The molecule has 2 aromatic rings. The van der Waals surface area contributed by atoms with E-state index in [4.69, 9.17) is 27.9 Å². The van der Waals surface area contributed by atoms with E-state index in [1.54, 1.807) is 26.0 Å². The Kier molecular flexibility index (Phi) is 10.1. The third-order valence-electron chi connectivity index (χ3n) is 9.56. The number of rotatable bonds is 8. The van der Waals surface area contributed by atoms with Gasteiger partial charge in [0.15, 0.2) is 5.69 Å². The highest BCUT2D eigenvalue weighted by molar-refractivity contribution is 6.36. The van der Waals surface area contributed by atoms with Crippen molar-refractivity contribution in [3.63, 3.8) is 0 Å². The molecule has 2 saturated carbocycles. The normalized spacial score (nSPS) is 24.0. The number of aromatic nitrogens is 2. The van der Waals surface area contributed by atoms with Crippen LogP contribution >= 0.6 is 23.2 Å². The third kappa shape index (κ3) is 7.39. The van der Waals surface area contributed by atoms with Crippen molar-refractivity contribution in [3.05, 3.63) is 50.8 Å². The van der Waals surface area contributed by atoms with Crippen LogP contribution in [-0.4, -0.2) is 38.9 Å². The first-order valence-electron chi connectivity index (χ1n) is 15.2. The molecule has 0 unspecified atom stereocenters. The van der Waals surface area contributed by atoms with Gasteiger partial charge in [-0.2, -0.15) is 18.3 Å². The number of nitrogens with one attached hydrogen (secondary N) is 1. The van der Waals surface area contributed by atoms with Crippen molar-refractivity contribution in [2.24, 2.45) is 10.8 Å². The molecule has 1 aromatic carbocycles. The summed E-state index contributed by atoms with van der Waals surface area (Å²) in [5.41, 5.74) is -2.34. The number of ether oxygens (including phenoxy) is 1. The molecule has 44 heavy (non-hydrogen) atoms. The molecule has 2 N–H and O–H groups in total. The summed E-state index contributed by atoms with van der Waals surface area (Å²) in [4.78, 5) is 26.2. The van der Waals surface area contributed by atoms with E-state index >= 15 is 0 Å². The fourth-order valence-electron chi connectivity index (χ4n) is 6.68. The van der Waals surface area contributed by atoms with Gasteiger partial charge in [0, 0.05) is 27.6 Å².